The summed E-state index contributed by atoms with van der Waals surface area (Å²) in [5.74, 6) is -0.488. The number of carbonyl (C=O) groups excluding carboxylic acids is 1. The van der Waals surface area contributed by atoms with Gasteiger partial charge >= 0.3 is 12.2 Å². The number of aromatic nitrogens is 2. The Morgan fingerprint density at radius 2 is 2.00 bits per heavy atom. The number of anilines is 2. The molecule has 3 heterocycles. The zero-order valence-corrected chi connectivity index (χ0v) is 17.7. The molecular formula is C23H19F4N5O2. The van der Waals surface area contributed by atoms with E-state index in [9.17, 15) is 22.4 Å². The van der Waals surface area contributed by atoms with Crippen molar-refractivity contribution in [1.82, 2.24) is 15.3 Å². The molecule has 0 fully saturated rings. The van der Waals surface area contributed by atoms with Crippen molar-refractivity contribution in [1.29, 1.82) is 0 Å². The van der Waals surface area contributed by atoms with Crippen LogP contribution in [0.5, 0.6) is 11.6 Å². The van der Waals surface area contributed by atoms with Crippen molar-refractivity contribution < 1.29 is 27.1 Å². The fourth-order valence-corrected chi connectivity index (χ4v) is 4.14. The van der Waals surface area contributed by atoms with Crippen LogP contribution in [0.3, 0.4) is 0 Å². The lowest BCUT2D eigenvalue weighted by atomic mass is 10.1. The van der Waals surface area contributed by atoms with Crippen molar-refractivity contribution in [3.63, 3.8) is 0 Å². The van der Waals surface area contributed by atoms with E-state index in [0.717, 1.165) is 41.9 Å². The van der Waals surface area contributed by atoms with E-state index in [2.05, 4.69) is 20.6 Å². The van der Waals surface area contributed by atoms with Crippen molar-refractivity contribution in [3.8, 4) is 11.6 Å². The number of rotatable bonds is 3. The number of amides is 2. The summed E-state index contributed by atoms with van der Waals surface area (Å²) in [7, 11) is 0. The van der Waals surface area contributed by atoms with Crippen molar-refractivity contribution in [3.05, 3.63) is 70.9 Å². The second kappa shape index (κ2) is 8.56. The van der Waals surface area contributed by atoms with Crippen LogP contribution in [0.1, 0.15) is 22.4 Å². The molecule has 0 unspecified atom stereocenters. The first-order valence-electron chi connectivity index (χ1n) is 10.6. The molecule has 3 aromatic rings. The van der Waals surface area contributed by atoms with Gasteiger partial charge in [0.15, 0.2) is 5.82 Å². The van der Waals surface area contributed by atoms with Crippen LogP contribution in [0.4, 0.5) is 33.7 Å². The maximum absolute atomic E-state index is 14.3. The lowest BCUT2D eigenvalue weighted by Gasteiger charge is -2.20. The van der Waals surface area contributed by atoms with Gasteiger partial charge in [-0.1, -0.05) is 6.07 Å². The zero-order valence-electron chi connectivity index (χ0n) is 17.7. The number of nitrogens with one attached hydrogen (secondary N) is 2. The quantitative estimate of drug-likeness (QED) is 0.541. The van der Waals surface area contributed by atoms with Crippen LogP contribution in [0, 0.1) is 5.82 Å². The highest BCUT2D eigenvalue weighted by Crippen LogP contribution is 2.36. The van der Waals surface area contributed by atoms with E-state index in [4.69, 9.17) is 4.74 Å². The molecule has 0 saturated carbocycles. The standard InChI is InChI=1S/C23H19F4N5O2/c24-20-16(23(25,26)27)2-1-3-17(20)31-22(33)32-9-7-13-10-14(4-5-19(13)32)34-21-15-6-8-28-11-18(15)29-12-30-21/h1-5,10,12,28H,6-9,11H2,(H,31,33). The summed E-state index contributed by atoms with van der Waals surface area (Å²) in [6.07, 6.45) is -2.15. The highest BCUT2D eigenvalue weighted by atomic mass is 19.4. The Morgan fingerprint density at radius 3 is 2.82 bits per heavy atom. The smallest absolute Gasteiger partial charge is 0.419 e. The second-order valence-electron chi connectivity index (χ2n) is 7.92. The maximum Gasteiger partial charge on any atom is 0.419 e. The minimum Gasteiger partial charge on any atom is -0.439 e. The van der Waals surface area contributed by atoms with Gasteiger partial charge in [0.1, 0.15) is 12.1 Å². The maximum atomic E-state index is 14.3. The fraction of sp³-hybridized carbons (Fsp3) is 0.261. The Kier molecular flexibility index (Phi) is 5.56. The fourth-order valence-electron chi connectivity index (χ4n) is 4.14. The van der Waals surface area contributed by atoms with Gasteiger partial charge in [0.25, 0.3) is 0 Å². The van der Waals surface area contributed by atoms with E-state index in [-0.39, 0.29) is 0 Å². The number of halogens is 4. The molecule has 34 heavy (non-hydrogen) atoms. The average molecular weight is 473 g/mol. The van der Waals surface area contributed by atoms with Crippen molar-refractivity contribution >= 4 is 17.4 Å². The van der Waals surface area contributed by atoms with Gasteiger partial charge in [-0.3, -0.25) is 4.90 Å². The van der Waals surface area contributed by atoms with Crippen LogP contribution < -0.4 is 20.3 Å². The molecule has 7 nitrogen and oxygen atoms in total. The number of ether oxygens (including phenoxy) is 1. The van der Waals surface area contributed by atoms with Gasteiger partial charge in [-0.05, 0) is 55.3 Å². The molecule has 2 amide bonds. The molecule has 11 heteroatoms. The Morgan fingerprint density at radius 1 is 1.15 bits per heavy atom. The first-order chi connectivity index (χ1) is 16.3. The predicted molar refractivity (Wildman–Crippen MR) is 115 cm³/mol. The van der Waals surface area contributed by atoms with Crippen LogP contribution in [0.2, 0.25) is 0 Å². The number of urea groups is 1. The van der Waals surface area contributed by atoms with Crippen LogP contribution >= 0.6 is 0 Å². The highest BCUT2D eigenvalue weighted by molar-refractivity contribution is 6.03. The molecule has 0 radical (unpaired) electrons. The first-order valence-corrected chi connectivity index (χ1v) is 10.6. The molecular weight excluding hydrogens is 454 g/mol. The summed E-state index contributed by atoms with van der Waals surface area (Å²) in [6.45, 7) is 1.74. The van der Waals surface area contributed by atoms with Gasteiger partial charge in [-0.2, -0.15) is 13.2 Å². The summed E-state index contributed by atoms with van der Waals surface area (Å²) in [5.41, 5.74) is 1.27. The minimum absolute atomic E-state index is 0.291. The Balaban J connectivity index is 1.34. The minimum atomic E-state index is -4.86. The number of benzene rings is 2. The molecule has 2 N–H and O–H groups in total. The Labute approximate surface area is 191 Å². The van der Waals surface area contributed by atoms with Crippen molar-refractivity contribution in [2.45, 2.75) is 25.6 Å². The molecule has 0 saturated heterocycles. The van der Waals surface area contributed by atoms with E-state index in [1.807, 2.05) is 0 Å². The van der Waals surface area contributed by atoms with Gasteiger partial charge < -0.3 is 15.4 Å². The highest BCUT2D eigenvalue weighted by Gasteiger charge is 2.35. The number of hydrogen-bond acceptors (Lipinski definition) is 5. The summed E-state index contributed by atoms with van der Waals surface area (Å²) in [4.78, 5) is 22.6. The average Bonchev–Trinajstić information content (AvgIpc) is 3.23. The first kappa shape index (κ1) is 22.1. The molecule has 0 spiro atoms. The molecule has 1 aromatic heterocycles. The van der Waals surface area contributed by atoms with Crippen LogP contribution in [-0.4, -0.2) is 29.1 Å². The van der Waals surface area contributed by atoms with Crippen molar-refractivity contribution in [2.75, 3.05) is 23.3 Å². The van der Waals surface area contributed by atoms with Gasteiger partial charge in [-0.25, -0.2) is 19.2 Å². The third kappa shape index (κ3) is 4.14. The molecule has 2 aromatic carbocycles. The molecule has 176 valence electrons. The monoisotopic (exact) mass is 473 g/mol. The van der Waals surface area contributed by atoms with E-state index >= 15 is 0 Å². The number of fused-ring (bicyclic) bond motifs is 2. The summed E-state index contributed by atoms with van der Waals surface area (Å²) in [5, 5.41) is 5.50. The number of carbonyl (C=O) groups is 1. The SMILES string of the molecule is O=C(Nc1cccc(C(F)(F)F)c1F)N1CCc2cc(Oc3ncnc4c3CCNC4)ccc21. The lowest BCUT2D eigenvalue weighted by Crippen LogP contribution is -2.33. The largest absolute Gasteiger partial charge is 0.439 e. The topological polar surface area (TPSA) is 79.4 Å². The Bertz CT molecular complexity index is 1260. The number of nitrogens with zero attached hydrogens (tertiary/aromatic N) is 3. The number of alkyl halides is 3. The summed E-state index contributed by atoms with van der Waals surface area (Å²) < 4.78 is 59.2. The molecule has 0 atom stereocenters. The van der Waals surface area contributed by atoms with E-state index in [1.54, 1.807) is 18.2 Å². The molecule has 2 aliphatic rings. The van der Waals surface area contributed by atoms with Crippen LogP contribution in [0.15, 0.2) is 42.7 Å². The zero-order chi connectivity index (χ0) is 23.9. The molecule has 0 aliphatic carbocycles. The summed E-state index contributed by atoms with van der Waals surface area (Å²) in [6, 6.07) is 7.22. The van der Waals surface area contributed by atoms with Gasteiger partial charge in [0.2, 0.25) is 5.88 Å². The third-order valence-corrected chi connectivity index (χ3v) is 5.79. The van der Waals surface area contributed by atoms with E-state index in [1.165, 1.54) is 11.2 Å². The van der Waals surface area contributed by atoms with Crippen LogP contribution in [0.25, 0.3) is 0 Å². The van der Waals surface area contributed by atoms with Crippen molar-refractivity contribution in [2.24, 2.45) is 0 Å². The second-order valence-corrected chi connectivity index (χ2v) is 7.92. The van der Waals surface area contributed by atoms with E-state index < -0.39 is 29.3 Å². The van der Waals surface area contributed by atoms with Gasteiger partial charge in [0.05, 0.1) is 16.9 Å². The predicted octanol–water partition coefficient (Wildman–Crippen LogP) is 4.67. The number of hydrogen-bond donors (Lipinski definition) is 2. The Hall–Kier alpha value is -3.73. The molecule has 0 bridgehead atoms. The lowest BCUT2D eigenvalue weighted by molar-refractivity contribution is -0.139. The van der Waals surface area contributed by atoms with Gasteiger partial charge in [-0.15, -0.1) is 0 Å². The molecule has 2 aliphatic heterocycles. The van der Waals surface area contributed by atoms with Crippen LogP contribution in [-0.2, 0) is 25.6 Å². The summed E-state index contributed by atoms with van der Waals surface area (Å²) >= 11 is 0. The van der Waals surface area contributed by atoms with E-state index in [0.29, 0.717) is 42.9 Å². The molecule has 5 rings (SSSR count). The normalized spacial score (nSPS) is 15.0. The van der Waals surface area contributed by atoms with Gasteiger partial charge in [0, 0.05) is 24.3 Å². The third-order valence-electron chi connectivity index (χ3n) is 5.79.